The summed E-state index contributed by atoms with van der Waals surface area (Å²) in [5.74, 6) is -0.0427. The van der Waals surface area contributed by atoms with Gasteiger partial charge in [0.05, 0.1) is 21.8 Å². The summed E-state index contributed by atoms with van der Waals surface area (Å²) < 4.78 is 20.2. The maximum Gasteiger partial charge on any atom is 0.332 e. The van der Waals surface area contributed by atoms with Crippen molar-refractivity contribution in [3.05, 3.63) is 99.4 Å². The first kappa shape index (κ1) is 30.8. The molecule has 0 aliphatic carbocycles. The van der Waals surface area contributed by atoms with E-state index in [2.05, 4.69) is 48.1 Å². The van der Waals surface area contributed by atoms with E-state index in [1.807, 2.05) is 24.3 Å². The highest BCUT2D eigenvalue weighted by atomic mass is 127. The number of alkyl halides is 1. The van der Waals surface area contributed by atoms with Gasteiger partial charge in [-0.15, -0.1) is 11.3 Å². The number of carbonyl (C=O) groups is 2. The number of urea groups is 1. The molecule has 0 spiro atoms. The van der Waals surface area contributed by atoms with Gasteiger partial charge in [-0.25, -0.2) is 24.1 Å². The molecule has 2 aromatic heterocycles. The Morgan fingerprint density at radius 3 is 2.65 bits per heavy atom. The first-order valence-electron chi connectivity index (χ1n) is 14.6. The summed E-state index contributed by atoms with van der Waals surface area (Å²) in [5.41, 5.74) is 4.15. The number of nitrogens with one attached hydrogen (secondary N) is 2. The highest BCUT2D eigenvalue weighted by molar-refractivity contribution is 14.1. The van der Waals surface area contributed by atoms with Gasteiger partial charge in [-0.1, -0.05) is 58.5 Å². The second-order valence-electron chi connectivity index (χ2n) is 11.0. The van der Waals surface area contributed by atoms with Gasteiger partial charge in [0.25, 0.3) is 5.91 Å². The third-order valence-electron chi connectivity index (χ3n) is 7.94. The molecule has 3 aromatic carbocycles. The third kappa shape index (κ3) is 6.14. The minimum absolute atomic E-state index is 0.0821. The van der Waals surface area contributed by atoms with Crippen LogP contribution < -0.4 is 20.3 Å². The molecule has 4 heterocycles. The topological polar surface area (TPSA) is 99.7 Å². The van der Waals surface area contributed by atoms with Gasteiger partial charge < -0.3 is 15.4 Å². The predicted octanol–water partition coefficient (Wildman–Crippen LogP) is 8.53. The Hall–Kier alpha value is -3.85. The van der Waals surface area contributed by atoms with Gasteiger partial charge in [-0.2, -0.15) is 0 Å². The number of nitrogens with zero attached hydrogens (tertiary/aromatic N) is 4. The lowest BCUT2D eigenvalue weighted by Crippen LogP contribution is -2.35. The van der Waals surface area contributed by atoms with E-state index in [1.54, 1.807) is 24.3 Å². The number of benzene rings is 3. The summed E-state index contributed by atoms with van der Waals surface area (Å²) in [7, 11) is 0. The van der Waals surface area contributed by atoms with Gasteiger partial charge >= 0.3 is 6.03 Å². The van der Waals surface area contributed by atoms with Crippen molar-refractivity contribution in [2.24, 2.45) is 0 Å². The summed E-state index contributed by atoms with van der Waals surface area (Å²) in [6, 6.07) is 16.9. The molecule has 234 valence electrons. The Balaban J connectivity index is 1.18. The molecule has 0 bridgehead atoms. The number of hydrogen-bond donors (Lipinski definition) is 2. The van der Waals surface area contributed by atoms with Crippen molar-refractivity contribution in [2.75, 3.05) is 28.6 Å². The fourth-order valence-corrected chi connectivity index (χ4v) is 7.57. The molecule has 0 unspecified atom stereocenters. The first-order valence-corrected chi connectivity index (χ1v) is 17.4. The number of likely N-dealkylation sites (tertiary alicyclic amines) is 1. The van der Waals surface area contributed by atoms with E-state index in [4.69, 9.17) is 16.3 Å². The average Bonchev–Trinajstić information content (AvgIpc) is 3.70. The average molecular weight is 769 g/mol. The molecule has 0 radical (unpaired) electrons. The van der Waals surface area contributed by atoms with Crippen LogP contribution in [-0.2, 0) is 17.6 Å². The number of thiophene rings is 1. The Morgan fingerprint density at radius 2 is 1.89 bits per heavy atom. The molecule has 2 aliphatic heterocycles. The Bertz CT molecular complexity index is 1970. The highest BCUT2D eigenvalue weighted by Crippen LogP contribution is 2.47. The van der Waals surface area contributed by atoms with Gasteiger partial charge in [0.15, 0.2) is 5.82 Å². The zero-order valence-electron chi connectivity index (χ0n) is 24.4. The van der Waals surface area contributed by atoms with Crippen LogP contribution >= 0.6 is 45.5 Å². The van der Waals surface area contributed by atoms with Crippen molar-refractivity contribution in [3.63, 3.8) is 0 Å². The van der Waals surface area contributed by atoms with Crippen molar-refractivity contribution < 1.29 is 18.7 Å². The normalized spacial score (nSPS) is 14.5. The Kier molecular flexibility index (Phi) is 8.77. The maximum absolute atomic E-state index is 13.8. The van der Waals surface area contributed by atoms with Crippen LogP contribution in [0.3, 0.4) is 0 Å². The number of halogens is 3. The number of carbonyl (C=O) groups excluding carboxylic acids is 2. The van der Waals surface area contributed by atoms with E-state index >= 15 is 0 Å². The SMILES string of the molecule is O=C(Nc1ccc(CN2CCCC2)cc1)c1sc2ncnc3c2c1NC(=O)N3c1cc(OCc2cccc(F)c2)c(Cl)cc1CI. The first-order chi connectivity index (χ1) is 22.4. The number of amides is 3. The van der Waals surface area contributed by atoms with Crippen LogP contribution in [0.1, 0.15) is 39.2 Å². The van der Waals surface area contributed by atoms with Crippen molar-refractivity contribution >= 4 is 90.6 Å². The third-order valence-corrected chi connectivity index (χ3v) is 10.2. The van der Waals surface area contributed by atoms with Gasteiger partial charge in [-0.05, 0) is 73.0 Å². The lowest BCUT2D eigenvalue weighted by molar-refractivity contribution is 0.103. The maximum atomic E-state index is 13.8. The molecule has 7 rings (SSSR count). The molecular weight excluding hydrogens is 742 g/mol. The second kappa shape index (κ2) is 13.1. The minimum atomic E-state index is -0.490. The van der Waals surface area contributed by atoms with Crippen molar-refractivity contribution in [1.82, 2.24) is 14.9 Å². The van der Waals surface area contributed by atoms with E-state index in [0.717, 1.165) is 25.2 Å². The van der Waals surface area contributed by atoms with Crippen LogP contribution in [0, 0.1) is 5.82 Å². The fraction of sp³-hybridized carbons (Fsp3) is 0.212. The molecule has 13 heteroatoms. The largest absolute Gasteiger partial charge is 0.487 e. The lowest BCUT2D eigenvalue weighted by Gasteiger charge is -2.29. The van der Waals surface area contributed by atoms with Crippen molar-refractivity contribution in [1.29, 1.82) is 0 Å². The summed E-state index contributed by atoms with van der Waals surface area (Å²) in [6.07, 6.45) is 3.85. The number of anilines is 4. The number of aromatic nitrogens is 2. The molecular formula is C33H27ClFIN6O3S. The Labute approximate surface area is 286 Å². The smallest absolute Gasteiger partial charge is 0.332 e. The van der Waals surface area contributed by atoms with Crippen molar-refractivity contribution in [2.45, 2.75) is 30.4 Å². The molecule has 3 amide bonds. The van der Waals surface area contributed by atoms with Crippen LogP contribution in [0.25, 0.3) is 10.2 Å². The van der Waals surface area contributed by atoms with Crippen LogP contribution in [0.15, 0.2) is 67.0 Å². The molecule has 2 N–H and O–H groups in total. The molecule has 1 saturated heterocycles. The van der Waals surface area contributed by atoms with Gasteiger partial charge in [0, 0.05) is 22.7 Å². The summed E-state index contributed by atoms with van der Waals surface area (Å²) in [4.78, 5) is 41.0. The van der Waals surface area contributed by atoms with E-state index < -0.39 is 6.03 Å². The van der Waals surface area contributed by atoms with Crippen LogP contribution in [0.5, 0.6) is 5.75 Å². The van der Waals surface area contributed by atoms with E-state index in [-0.39, 0.29) is 18.3 Å². The molecule has 46 heavy (non-hydrogen) atoms. The van der Waals surface area contributed by atoms with Crippen LogP contribution in [0.4, 0.5) is 32.1 Å². The van der Waals surface area contributed by atoms with E-state index in [0.29, 0.717) is 58.7 Å². The Morgan fingerprint density at radius 1 is 1.09 bits per heavy atom. The van der Waals surface area contributed by atoms with Gasteiger partial charge in [-0.3, -0.25) is 9.69 Å². The summed E-state index contributed by atoms with van der Waals surface area (Å²) in [6.45, 7) is 3.21. The minimum Gasteiger partial charge on any atom is -0.487 e. The standard InChI is InChI=1S/C33H27ClFIN6O3S/c34-24-13-21(15-36)25(14-26(24)45-17-20-4-3-5-22(35)12-20)42-30-27-28(40-33(42)44)29(46-32(27)38-18-37-30)31(43)39-23-8-6-19(7-9-23)16-41-10-1-2-11-41/h3-9,12-14,18H,1-2,10-11,15-17H2,(H,39,43)(H,40,44). The van der Waals surface area contributed by atoms with Crippen LogP contribution in [0.2, 0.25) is 5.02 Å². The molecule has 0 atom stereocenters. The monoisotopic (exact) mass is 768 g/mol. The number of ether oxygens (including phenoxy) is 1. The molecule has 0 saturated carbocycles. The van der Waals surface area contributed by atoms with Crippen LogP contribution in [-0.4, -0.2) is 39.9 Å². The lowest BCUT2D eigenvalue weighted by atomic mass is 10.1. The molecule has 5 aromatic rings. The van der Waals surface area contributed by atoms with Gasteiger partial charge in [0.2, 0.25) is 0 Å². The molecule has 2 aliphatic rings. The fourth-order valence-electron chi connectivity index (χ4n) is 5.73. The van der Waals surface area contributed by atoms with Crippen molar-refractivity contribution in [3.8, 4) is 5.75 Å². The van der Waals surface area contributed by atoms with E-state index in [9.17, 15) is 14.0 Å². The molecule has 9 nitrogen and oxygen atoms in total. The van der Waals surface area contributed by atoms with E-state index in [1.165, 1.54) is 53.1 Å². The van der Waals surface area contributed by atoms with Gasteiger partial charge in [0.1, 0.15) is 34.2 Å². The summed E-state index contributed by atoms with van der Waals surface area (Å²) in [5, 5.41) is 6.81. The molecule has 1 fully saturated rings. The quantitative estimate of drug-likeness (QED) is 0.115. The zero-order chi connectivity index (χ0) is 31.8. The zero-order valence-corrected chi connectivity index (χ0v) is 28.1. The summed E-state index contributed by atoms with van der Waals surface area (Å²) >= 11 is 9.96. The number of rotatable bonds is 9. The number of hydrogen-bond acceptors (Lipinski definition) is 7. The highest BCUT2D eigenvalue weighted by Gasteiger charge is 2.35. The predicted molar refractivity (Wildman–Crippen MR) is 187 cm³/mol. The second-order valence-corrected chi connectivity index (χ2v) is 13.2.